The molecule has 0 aliphatic rings. The van der Waals surface area contributed by atoms with Gasteiger partial charge in [-0.25, -0.2) is 0 Å². The zero-order valence-electron chi connectivity index (χ0n) is 10.9. The Hall–Kier alpha value is -1.26. The molecule has 2 aromatic rings. The maximum Gasteiger partial charge on any atom is 0.0492 e. The van der Waals surface area contributed by atoms with Crippen molar-refractivity contribution >= 4 is 11.8 Å². The van der Waals surface area contributed by atoms with Gasteiger partial charge in [0, 0.05) is 36.1 Å². The van der Waals surface area contributed by atoms with Gasteiger partial charge in [0.15, 0.2) is 0 Å². The molecule has 0 spiro atoms. The third-order valence-corrected chi connectivity index (χ3v) is 3.87. The highest BCUT2D eigenvalue weighted by molar-refractivity contribution is 7.99. The predicted molar refractivity (Wildman–Crippen MR) is 76.8 cm³/mol. The topological polar surface area (TPSA) is 29.9 Å². The van der Waals surface area contributed by atoms with Crippen LogP contribution in [0.2, 0.25) is 0 Å². The van der Waals surface area contributed by atoms with Gasteiger partial charge in [0.05, 0.1) is 0 Å². The van der Waals surface area contributed by atoms with E-state index < -0.39 is 0 Å². The standard InChI is InChI=1S/C14H19N3S/c1-15-11-12-3-5-14(6-4-12)18-10-8-13-7-9-16-17(13)2/h3-7,9,15H,8,10-11H2,1-2H3. The molecule has 0 fully saturated rings. The van der Waals surface area contributed by atoms with Gasteiger partial charge in [-0.2, -0.15) is 5.10 Å². The van der Waals surface area contributed by atoms with E-state index in [2.05, 4.69) is 40.7 Å². The molecule has 2 rings (SSSR count). The van der Waals surface area contributed by atoms with Crippen molar-refractivity contribution in [2.24, 2.45) is 7.05 Å². The molecule has 0 atom stereocenters. The Balaban J connectivity index is 1.81. The zero-order valence-corrected chi connectivity index (χ0v) is 11.7. The van der Waals surface area contributed by atoms with Crippen LogP contribution in [0, 0.1) is 0 Å². The van der Waals surface area contributed by atoms with Crippen LogP contribution < -0.4 is 5.32 Å². The molecule has 18 heavy (non-hydrogen) atoms. The van der Waals surface area contributed by atoms with Crippen molar-refractivity contribution in [3.8, 4) is 0 Å². The summed E-state index contributed by atoms with van der Waals surface area (Å²) in [6.45, 7) is 0.931. The van der Waals surface area contributed by atoms with Crippen molar-refractivity contribution in [1.29, 1.82) is 0 Å². The van der Waals surface area contributed by atoms with Crippen LogP contribution in [0.15, 0.2) is 41.4 Å². The van der Waals surface area contributed by atoms with E-state index in [4.69, 9.17) is 0 Å². The molecule has 1 heterocycles. The van der Waals surface area contributed by atoms with Crippen LogP contribution in [0.3, 0.4) is 0 Å². The fourth-order valence-corrected chi connectivity index (χ4v) is 2.70. The SMILES string of the molecule is CNCc1ccc(SCCc2ccnn2C)cc1. The Labute approximate surface area is 113 Å². The van der Waals surface area contributed by atoms with Gasteiger partial charge in [-0.3, -0.25) is 4.68 Å². The van der Waals surface area contributed by atoms with Gasteiger partial charge in [0.1, 0.15) is 0 Å². The lowest BCUT2D eigenvalue weighted by molar-refractivity contribution is 0.720. The molecule has 1 aromatic carbocycles. The van der Waals surface area contributed by atoms with Crippen LogP contribution >= 0.6 is 11.8 Å². The summed E-state index contributed by atoms with van der Waals surface area (Å²) in [6.07, 6.45) is 2.91. The van der Waals surface area contributed by atoms with Gasteiger partial charge in [-0.05, 0) is 37.2 Å². The van der Waals surface area contributed by atoms with E-state index in [9.17, 15) is 0 Å². The Bertz CT molecular complexity index is 476. The number of nitrogens with zero attached hydrogens (tertiary/aromatic N) is 2. The third kappa shape index (κ3) is 3.62. The van der Waals surface area contributed by atoms with Crippen LogP contribution in [-0.4, -0.2) is 22.6 Å². The summed E-state index contributed by atoms with van der Waals surface area (Å²) in [7, 11) is 3.96. The van der Waals surface area contributed by atoms with E-state index in [0.29, 0.717) is 0 Å². The molecule has 4 heteroatoms. The van der Waals surface area contributed by atoms with Crippen molar-refractivity contribution in [3.63, 3.8) is 0 Å². The molecule has 0 unspecified atom stereocenters. The second-order valence-electron chi connectivity index (χ2n) is 4.22. The minimum atomic E-state index is 0.931. The summed E-state index contributed by atoms with van der Waals surface area (Å²) < 4.78 is 1.94. The van der Waals surface area contributed by atoms with Crippen molar-refractivity contribution < 1.29 is 0 Å². The minimum Gasteiger partial charge on any atom is -0.316 e. The van der Waals surface area contributed by atoms with Gasteiger partial charge < -0.3 is 5.32 Å². The predicted octanol–water partition coefficient (Wildman–Crippen LogP) is 2.47. The van der Waals surface area contributed by atoms with Gasteiger partial charge in [-0.1, -0.05) is 12.1 Å². The van der Waals surface area contributed by atoms with Crippen LogP contribution in [0.1, 0.15) is 11.3 Å². The monoisotopic (exact) mass is 261 g/mol. The highest BCUT2D eigenvalue weighted by atomic mass is 32.2. The number of nitrogens with one attached hydrogen (secondary N) is 1. The number of aryl methyl sites for hydroxylation is 2. The largest absolute Gasteiger partial charge is 0.316 e. The summed E-state index contributed by atoms with van der Waals surface area (Å²) in [6, 6.07) is 10.8. The summed E-state index contributed by atoms with van der Waals surface area (Å²) >= 11 is 1.89. The molecular weight excluding hydrogens is 242 g/mol. The van der Waals surface area contributed by atoms with E-state index in [1.807, 2.05) is 36.7 Å². The molecule has 1 aromatic heterocycles. The fraction of sp³-hybridized carbons (Fsp3) is 0.357. The molecular formula is C14H19N3S. The summed E-state index contributed by atoms with van der Waals surface area (Å²) in [5, 5.41) is 7.33. The summed E-state index contributed by atoms with van der Waals surface area (Å²) in [5.41, 5.74) is 2.61. The van der Waals surface area contributed by atoms with Gasteiger partial charge in [-0.15, -0.1) is 11.8 Å². The first kappa shape index (κ1) is 13.2. The second kappa shape index (κ2) is 6.61. The lowest BCUT2D eigenvalue weighted by Gasteiger charge is -2.04. The maximum absolute atomic E-state index is 4.17. The van der Waals surface area contributed by atoms with Crippen molar-refractivity contribution in [3.05, 3.63) is 47.8 Å². The lowest BCUT2D eigenvalue weighted by atomic mass is 10.2. The first-order chi connectivity index (χ1) is 8.79. The van der Waals surface area contributed by atoms with Gasteiger partial charge >= 0.3 is 0 Å². The molecule has 0 aliphatic heterocycles. The molecule has 96 valence electrons. The molecule has 0 saturated carbocycles. The fourth-order valence-electron chi connectivity index (χ4n) is 1.83. The van der Waals surface area contributed by atoms with Gasteiger partial charge in [0.25, 0.3) is 0 Å². The first-order valence-electron chi connectivity index (χ1n) is 6.13. The molecule has 0 bridgehead atoms. The number of hydrogen-bond donors (Lipinski definition) is 1. The average molecular weight is 261 g/mol. The highest BCUT2D eigenvalue weighted by Gasteiger charge is 2.00. The molecule has 0 radical (unpaired) electrons. The quantitative estimate of drug-likeness (QED) is 0.810. The average Bonchev–Trinajstić information content (AvgIpc) is 2.78. The number of aromatic nitrogens is 2. The van der Waals surface area contributed by atoms with E-state index >= 15 is 0 Å². The number of thioether (sulfide) groups is 1. The summed E-state index contributed by atoms with van der Waals surface area (Å²) in [4.78, 5) is 1.33. The molecule has 0 amide bonds. The van der Waals surface area contributed by atoms with Crippen molar-refractivity contribution in [2.45, 2.75) is 17.9 Å². The van der Waals surface area contributed by atoms with Crippen molar-refractivity contribution in [1.82, 2.24) is 15.1 Å². The smallest absolute Gasteiger partial charge is 0.0492 e. The Morgan fingerprint density at radius 3 is 2.61 bits per heavy atom. The summed E-state index contributed by atoms with van der Waals surface area (Å²) in [5.74, 6) is 1.09. The Morgan fingerprint density at radius 1 is 1.22 bits per heavy atom. The minimum absolute atomic E-state index is 0.931. The van der Waals surface area contributed by atoms with E-state index in [1.54, 1.807) is 0 Å². The highest BCUT2D eigenvalue weighted by Crippen LogP contribution is 2.19. The molecule has 3 nitrogen and oxygen atoms in total. The van der Waals surface area contributed by atoms with Crippen LogP contribution in [-0.2, 0) is 20.0 Å². The number of hydrogen-bond acceptors (Lipinski definition) is 3. The van der Waals surface area contributed by atoms with Crippen LogP contribution in [0.5, 0.6) is 0 Å². The van der Waals surface area contributed by atoms with Crippen LogP contribution in [0.25, 0.3) is 0 Å². The first-order valence-corrected chi connectivity index (χ1v) is 7.11. The maximum atomic E-state index is 4.17. The van der Waals surface area contributed by atoms with Crippen molar-refractivity contribution in [2.75, 3.05) is 12.8 Å². The van der Waals surface area contributed by atoms with Gasteiger partial charge in [0.2, 0.25) is 0 Å². The van der Waals surface area contributed by atoms with E-state index in [-0.39, 0.29) is 0 Å². The molecule has 1 N–H and O–H groups in total. The third-order valence-electron chi connectivity index (χ3n) is 2.85. The van der Waals surface area contributed by atoms with E-state index in [0.717, 1.165) is 18.7 Å². The van der Waals surface area contributed by atoms with Crippen LogP contribution in [0.4, 0.5) is 0 Å². The Morgan fingerprint density at radius 2 is 2.00 bits per heavy atom. The normalized spacial score (nSPS) is 10.8. The zero-order chi connectivity index (χ0) is 12.8. The van der Waals surface area contributed by atoms with E-state index in [1.165, 1.54) is 16.2 Å². The second-order valence-corrected chi connectivity index (χ2v) is 5.39. The molecule has 0 aliphatic carbocycles. The number of rotatable bonds is 6. The Kier molecular flexibility index (Phi) is 4.84. The lowest BCUT2D eigenvalue weighted by Crippen LogP contribution is -2.04. The molecule has 0 saturated heterocycles. The number of benzene rings is 1.